The number of rotatable bonds is 6. The normalized spacial score (nSPS) is 26.4. The van der Waals surface area contributed by atoms with Crippen molar-refractivity contribution in [2.24, 2.45) is 11.8 Å². The van der Waals surface area contributed by atoms with Crippen LogP contribution in [-0.4, -0.2) is 56.2 Å². The Morgan fingerprint density at radius 2 is 1.96 bits per heavy atom. The lowest BCUT2D eigenvalue weighted by Gasteiger charge is -2.48. The van der Waals surface area contributed by atoms with E-state index < -0.39 is 0 Å². The zero-order valence-corrected chi connectivity index (χ0v) is 17.5. The monoisotopic (exact) mass is 372 g/mol. The van der Waals surface area contributed by atoms with Gasteiger partial charge in [0.05, 0.1) is 13.7 Å². The fourth-order valence-electron chi connectivity index (χ4n) is 4.96. The Kier molecular flexibility index (Phi) is 5.65. The van der Waals surface area contributed by atoms with Crippen LogP contribution in [0, 0.1) is 11.8 Å². The zero-order chi connectivity index (χ0) is 19.0. The van der Waals surface area contributed by atoms with Gasteiger partial charge >= 0.3 is 0 Å². The van der Waals surface area contributed by atoms with E-state index in [-0.39, 0.29) is 0 Å². The Morgan fingerprint density at radius 3 is 2.63 bits per heavy atom. The number of likely N-dealkylation sites (N-methyl/N-ethyl adjacent to an activating group) is 1. The summed E-state index contributed by atoms with van der Waals surface area (Å²) < 4.78 is 11.9. The molecule has 0 N–H and O–H groups in total. The van der Waals surface area contributed by atoms with Crippen LogP contribution in [0.3, 0.4) is 0 Å². The Balaban J connectivity index is 1.52. The van der Waals surface area contributed by atoms with E-state index in [0.29, 0.717) is 12.1 Å². The molecule has 4 nitrogen and oxygen atoms in total. The minimum atomic E-state index is 0.483. The van der Waals surface area contributed by atoms with Crippen molar-refractivity contribution in [1.29, 1.82) is 0 Å². The molecule has 0 aromatic heterocycles. The molecule has 0 radical (unpaired) electrons. The van der Waals surface area contributed by atoms with Crippen molar-refractivity contribution >= 4 is 0 Å². The summed E-state index contributed by atoms with van der Waals surface area (Å²) in [5.41, 5.74) is 2.90. The highest BCUT2D eigenvalue weighted by atomic mass is 16.5. The predicted octanol–water partition coefficient (Wildman–Crippen LogP) is 4.13. The summed E-state index contributed by atoms with van der Waals surface area (Å²) in [6.45, 7) is 8.96. The fourth-order valence-corrected chi connectivity index (χ4v) is 4.96. The van der Waals surface area contributed by atoms with Gasteiger partial charge in [-0.25, -0.2) is 0 Å². The smallest absolute Gasteiger partial charge is 0.161 e. The summed E-state index contributed by atoms with van der Waals surface area (Å²) in [6, 6.07) is 5.69. The summed E-state index contributed by atoms with van der Waals surface area (Å²) >= 11 is 0. The van der Waals surface area contributed by atoms with E-state index in [0.717, 1.165) is 49.5 Å². The van der Waals surface area contributed by atoms with E-state index in [1.165, 1.54) is 43.4 Å². The van der Waals surface area contributed by atoms with E-state index in [2.05, 4.69) is 42.8 Å². The molecule has 0 amide bonds. The first-order chi connectivity index (χ1) is 13.0. The number of fused-ring (bicyclic) bond motifs is 3. The number of ether oxygens (including phenoxy) is 2. The van der Waals surface area contributed by atoms with Crippen LogP contribution in [0.1, 0.15) is 56.7 Å². The Bertz CT molecular complexity index is 656. The molecular weight excluding hydrogens is 336 g/mol. The van der Waals surface area contributed by atoms with Gasteiger partial charge in [0.1, 0.15) is 0 Å². The summed E-state index contributed by atoms with van der Waals surface area (Å²) in [4.78, 5) is 5.27. The second-order valence-electron chi connectivity index (χ2n) is 9.29. The number of hydrogen-bond donors (Lipinski definition) is 0. The van der Waals surface area contributed by atoms with Gasteiger partial charge in [-0.1, -0.05) is 20.3 Å². The first-order valence-corrected chi connectivity index (χ1v) is 10.8. The first kappa shape index (κ1) is 19.1. The molecule has 2 fully saturated rings. The molecule has 0 spiro atoms. The number of benzene rings is 1. The third-order valence-corrected chi connectivity index (χ3v) is 6.87. The quantitative estimate of drug-likeness (QED) is 0.749. The van der Waals surface area contributed by atoms with Crippen molar-refractivity contribution in [3.63, 3.8) is 0 Å². The molecule has 4 heteroatoms. The van der Waals surface area contributed by atoms with Crippen molar-refractivity contribution in [3.8, 4) is 11.5 Å². The van der Waals surface area contributed by atoms with Crippen LogP contribution in [0.15, 0.2) is 12.1 Å². The molecule has 1 aromatic rings. The highest BCUT2D eigenvalue weighted by molar-refractivity contribution is 5.49. The van der Waals surface area contributed by atoms with Crippen LogP contribution in [0.4, 0.5) is 0 Å². The Labute approximate surface area is 164 Å². The molecule has 0 bridgehead atoms. The van der Waals surface area contributed by atoms with Crippen molar-refractivity contribution in [2.45, 2.75) is 58.0 Å². The van der Waals surface area contributed by atoms with Crippen LogP contribution in [0.2, 0.25) is 0 Å². The van der Waals surface area contributed by atoms with Crippen LogP contribution >= 0.6 is 0 Å². The molecule has 4 rings (SSSR count). The average Bonchev–Trinajstić information content (AvgIpc) is 2.60. The van der Waals surface area contributed by atoms with Gasteiger partial charge < -0.3 is 14.4 Å². The Morgan fingerprint density at radius 1 is 1.15 bits per heavy atom. The first-order valence-electron chi connectivity index (χ1n) is 10.8. The van der Waals surface area contributed by atoms with Gasteiger partial charge in [0.25, 0.3) is 0 Å². The van der Waals surface area contributed by atoms with E-state index in [4.69, 9.17) is 9.47 Å². The SMILES string of the molecule is COc1cc2c(cc1OCC1CCC1)CCN1C[C@@H](CC(C)C)N(C)CC21. The fraction of sp³-hybridized carbons (Fsp3) is 0.739. The van der Waals surface area contributed by atoms with E-state index in [1.54, 1.807) is 7.11 Å². The van der Waals surface area contributed by atoms with Gasteiger partial charge in [0, 0.05) is 31.7 Å². The maximum absolute atomic E-state index is 6.17. The molecule has 150 valence electrons. The molecule has 1 unspecified atom stereocenters. The molecule has 2 aliphatic heterocycles. The summed E-state index contributed by atoms with van der Waals surface area (Å²) in [7, 11) is 4.07. The summed E-state index contributed by atoms with van der Waals surface area (Å²) in [5.74, 6) is 3.34. The number of piperazine rings is 1. The molecular formula is C23H36N2O2. The van der Waals surface area contributed by atoms with Crippen LogP contribution < -0.4 is 9.47 Å². The van der Waals surface area contributed by atoms with Gasteiger partial charge in [-0.3, -0.25) is 4.90 Å². The maximum Gasteiger partial charge on any atom is 0.161 e. The van der Waals surface area contributed by atoms with Gasteiger partial charge in [0.2, 0.25) is 0 Å². The summed E-state index contributed by atoms with van der Waals surface area (Å²) in [5, 5.41) is 0. The minimum Gasteiger partial charge on any atom is -0.493 e. The highest BCUT2D eigenvalue weighted by Gasteiger charge is 2.36. The standard InChI is InChI=1S/C23H36N2O2/c1-16(2)10-19-13-25-9-8-18-11-23(27-15-17-6-5-7-17)22(26-4)12-20(18)21(25)14-24(19)3/h11-12,16-17,19,21H,5-10,13-15H2,1-4H3/t19-,21?/m1/s1. The summed E-state index contributed by atoms with van der Waals surface area (Å²) in [6.07, 6.45) is 6.39. The number of methoxy groups -OCH3 is 1. The van der Waals surface area contributed by atoms with Gasteiger partial charge in [0.15, 0.2) is 11.5 Å². The van der Waals surface area contributed by atoms with Crippen molar-refractivity contribution < 1.29 is 9.47 Å². The van der Waals surface area contributed by atoms with Crippen molar-refractivity contribution in [2.75, 3.05) is 40.4 Å². The molecule has 2 atom stereocenters. The van der Waals surface area contributed by atoms with Crippen LogP contribution in [-0.2, 0) is 6.42 Å². The van der Waals surface area contributed by atoms with E-state index in [1.807, 2.05) is 0 Å². The minimum absolute atomic E-state index is 0.483. The second-order valence-corrected chi connectivity index (χ2v) is 9.29. The lowest BCUT2D eigenvalue weighted by molar-refractivity contribution is 0.0294. The third-order valence-electron chi connectivity index (χ3n) is 6.87. The molecule has 3 aliphatic rings. The molecule has 27 heavy (non-hydrogen) atoms. The topological polar surface area (TPSA) is 24.9 Å². The molecule has 1 saturated carbocycles. The number of nitrogens with zero attached hydrogens (tertiary/aromatic N) is 2. The van der Waals surface area contributed by atoms with E-state index >= 15 is 0 Å². The molecule has 2 heterocycles. The third kappa shape index (κ3) is 3.97. The van der Waals surface area contributed by atoms with Crippen molar-refractivity contribution in [3.05, 3.63) is 23.3 Å². The second kappa shape index (κ2) is 8.00. The zero-order valence-electron chi connectivity index (χ0n) is 17.5. The van der Waals surface area contributed by atoms with Gasteiger partial charge in [-0.15, -0.1) is 0 Å². The van der Waals surface area contributed by atoms with Gasteiger partial charge in [-0.05, 0) is 67.8 Å². The van der Waals surface area contributed by atoms with Crippen molar-refractivity contribution in [1.82, 2.24) is 9.80 Å². The lowest BCUT2D eigenvalue weighted by atomic mass is 9.86. The molecule has 1 saturated heterocycles. The predicted molar refractivity (Wildman–Crippen MR) is 110 cm³/mol. The molecule has 1 aliphatic carbocycles. The largest absolute Gasteiger partial charge is 0.493 e. The Hall–Kier alpha value is -1.26. The van der Waals surface area contributed by atoms with Gasteiger partial charge in [-0.2, -0.15) is 0 Å². The average molecular weight is 373 g/mol. The van der Waals surface area contributed by atoms with Crippen LogP contribution in [0.5, 0.6) is 11.5 Å². The van der Waals surface area contributed by atoms with E-state index in [9.17, 15) is 0 Å². The highest BCUT2D eigenvalue weighted by Crippen LogP contribution is 2.41. The van der Waals surface area contributed by atoms with Crippen LogP contribution in [0.25, 0.3) is 0 Å². The number of hydrogen-bond acceptors (Lipinski definition) is 4. The maximum atomic E-state index is 6.17. The lowest BCUT2D eigenvalue weighted by Crippen LogP contribution is -2.55. The molecule has 1 aromatic carbocycles.